The molecule has 1 aliphatic rings. The normalized spacial score (nSPS) is 15.5. The molecule has 1 aliphatic heterocycles. The second kappa shape index (κ2) is 9.84. The largest absolute Gasteiger partial charge is 0.379 e. The molecular weight excluding hydrogens is 420 g/mol. The Morgan fingerprint density at radius 2 is 1.80 bits per heavy atom. The Labute approximate surface area is 181 Å². The SMILES string of the molecule is O=S(=O)(c1ccc(CNCCCNc2nsc3ccccc23)cc1)N1CCOCC1. The van der Waals surface area contributed by atoms with Crippen LogP contribution in [0, 0.1) is 0 Å². The minimum atomic E-state index is -3.43. The first kappa shape index (κ1) is 21.2. The highest BCUT2D eigenvalue weighted by Gasteiger charge is 2.25. The molecule has 0 radical (unpaired) electrons. The summed E-state index contributed by atoms with van der Waals surface area (Å²) in [5.74, 6) is 0.952. The number of nitrogens with one attached hydrogen (secondary N) is 2. The zero-order chi connectivity index (χ0) is 20.8. The molecule has 2 aromatic carbocycles. The van der Waals surface area contributed by atoms with Gasteiger partial charge in [0.15, 0.2) is 0 Å². The highest BCUT2D eigenvalue weighted by Crippen LogP contribution is 2.25. The number of hydrogen-bond acceptors (Lipinski definition) is 7. The summed E-state index contributed by atoms with van der Waals surface area (Å²) in [6, 6.07) is 15.4. The zero-order valence-electron chi connectivity index (χ0n) is 16.7. The van der Waals surface area contributed by atoms with Crippen molar-refractivity contribution >= 4 is 37.5 Å². The molecule has 0 bridgehead atoms. The summed E-state index contributed by atoms with van der Waals surface area (Å²) in [7, 11) is -3.43. The third-order valence-electron chi connectivity index (χ3n) is 5.06. The van der Waals surface area contributed by atoms with Crippen molar-refractivity contribution in [3.63, 3.8) is 0 Å². The number of benzene rings is 2. The maximum Gasteiger partial charge on any atom is 0.243 e. The van der Waals surface area contributed by atoms with Gasteiger partial charge in [-0.2, -0.15) is 8.68 Å². The zero-order valence-corrected chi connectivity index (χ0v) is 18.3. The molecule has 2 N–H and O–H groups in total. The topological polar surface area (TPSA) is 83.6 Å². The van der Waals surface area contributed by atoms with Crippen molar-refractivity contribution in [3.05, 3.63) is 54.1 Å². The van der Waals surface area contributed by atoms with E-state index in [1.165, 1.54) is 25.9 Å². The van der Waals surface area contributed by atoms with Crippen LogP contribution in [0.4, 0.5) is 5.82 Å². The van der Waals surface area contributed by atoms with Crippen LogP contribution in [0.15, 0.2) is 53.4 Å². The van der Waals surface area contributed by atoms with Gasteiger partial charge in [-0.3, -0.25) is 0 Å². The molecule has 4 rings (SSSR count). The van der Waals surface area contributed by atoms with Gasteiger partial charge < -0.3 is 15.4 Å². The fraction of sp³-hybridized carbons (Fsp3) is 0.381. The molecule has 3 aromatic rings. The van der Waals surface area contributed by atoms with Gasteiger partial charge in [0.25, 0.3) is 0 Å². The van der Waals surface area contributed by atoms with Gasteiger partial charge in [0.1, 0.15) is 5.82 Å². The van der Waals surface area contributed by atoms with Crippen LogP contribution >= 0.6 is 11.5 Å². The Balaban J connectivity index is 1.20. The van der Waals surface area contributed by atoms with Crippen LogP contribution in [0.1, 0.15) is 12.0 Å². The number of aromatic nitrogens is 1. The van der Waals surface area contributed by atoms with Crippen molar-refractivity contribution < 1.29 is 13.2 Å². The number of morpholine rings is 1. The molecule has 2 heterocycles. The first-order chi connectivity index (χ1) is 14.6. The maximum absolute atomic E-state index is 12.7. The molecule has 1 fully saturated rings. The Hall–Kier alpha value is -2.04. The molecule has 0 aliphatic carbocycles. The Morgan fingerprint density at radius 3 is 2.60 bits per heavy atom. The summed E-state index contributed by atoms with van der Waals surface area (Å²) in [5, 5.41) is 7.98. The number of sulfonamides is 1. The summed E-state index contributed by atoms with van der Waals surface area (Å²) >= 11 is 1.51. The lowest BCUT2D eigenvalue weighted by molar-refractivity contribution is 0.0730. The van der Waals surface area contributed by atoms with Gasteiger partial charge in [-0.1, -0.05) is 24.3 Å². The third-order valence-corrected chi connectivity index (χ3v) is 7.80. The summed E-state index contributed by atoms with van der Waals surface area (Å²) in [6.45, 7) is 4.15. The number of fused-ring (bicyclic) bond motifs is 1. The average Bonchev–Trinajstić information content (AvgIpc) is 3.20. The monoisotopic (exact) mass is 446 g/mol. The summed E-state index contributed by atoms with van der Waals surface area (Å²) in [4.78, 5) is 0.341. The minimum Gasteiger partial charge on any atom is -0.379 e. The van der Waals surface area contributed by atoms with Crippen molar-refractivity contribution in [2.45, 2.75) is 17.9 Å². The fourth-order valence-corrected chi connectivity index (χ4v) is 5.54. The van der Waals surface area contributed by atoms with Crippen LogP contribution in [0.2, 0.25) is 0 Å². The lowest BCUT2D eigenvalue weighted by atomic mass is 10.2. The van der Waals surface area contributed by atoms with E-state index in [0.717, 1.165) is 30.9 Å². The van der Waals surface area contributed by atoms with Gasteiger partial charge in [0.05, 0.1) is 22.8 Å². The van der Waals surface area contributed by atoms with E-state index < -0.39 is 10.0 Å². The molecule has 30 heavy (non-hydrogen) atoms. The van der Waals surface area contributed by atoms with Crippen molar-refractivity contribution in [1.82, 2.24) is 14.0 Å². The third kappa shape index (κ3) is 4.98. The Bertz CT molecular complexity index is 1060. The molecule has 160 valence electrons. The lowest BCUT2D eigenvalue weighted by Gasteiger charge is -2.26. The van der Waals surface area contributed by atoms with Crippen molar-refractivity contribution in [2.24, 2.45) is 0 Å². The lowest BCUT2D eigenvalue weighted by Crippen LogP contribution is -2.40. The number of rotatable bonds is 9. The van der Waals surface area contributed by atoms with Gasteiger partial charge in [0.2, 0.25) is 10.0 Å². The number of ether oxygens (including phenoxy) is 1. The molecule has 0 amide bonds. The molecule has 1 saturated heterocycles. The van der Waals surface area contributed by atoms with Gasteiger partial charge >= 0.3 is 0 Å². The predicted molar refractivity (Wildman–Crippen MR) is 120 cm³/mol. The molecule has 7 nitrogen and oxygen atoms in total. The molecule has 1 aromatic heterocycles. The minimum absolute atomic E-state index is 0.341. The summed E-state index contributed by atoms with van der Waals surface area (Å²) in [6.07, 6.45) is 0.968. The fourth-order valence-electron chi connectivity index (χ4n) is 3.38. The number of hydrogen-bond donors (Lipinski definition) is 2. The van der Waals surface area contributed by atoms with Crippen LogP contribution in [-0.2, 0) is 21.3 Å². The van der Waals surface area contributed by atoms with Crippen molar-refractivity contribution in [1.29, 1.82) is 0 Å². The molecule has 0 atom stereocenters. The summed E-state index contributed by atoms with van der Waals surface area (Å²) in [5.41, 5.74) is 1.06. The van der Waals surface area contributed by atoms with Gasteiger partial charge in [-0.25, -0.2) is 8.42 Å². The van der Waals surface area contributed by atoms with Crippen LogP contribution in [-0.4, -0.2) is 56.5 Å². The molecule has 0 spiro atoms. The van der Waals surface area contributed by atoms with E-state index in [4.69, 9.17) is 4.74 Å². The maximum atomic E-state index is 12.7. The van der Waals surface area contributed by atoms with Crippen LogP contribution in [0.3, 0.4) is 0 Å². The molecule has 0 saturated carbocycles. The van der Waals surface area contributed by atoms with E-state index in [0.29, 0.717) is 37.7 Å². The van der Waals surface area contributed by atoms with E-state index in [1.54, 1.807) is 12.1 Å². The van der Waals surface area contributed by atoms with Crippen molar-refractivity contribution in [2.75, 3.05) is 44.7 Å². The molecule has 0 unspecified atom stereocenters. The van der Waals surface area contributed by atoms with E-state index in [9.17, 15) is 8.42 Å². The second-order valence-corrected chi connectivity index (χ2v) is 9.89. The highest BCUT2D eigenvalue weighted by atomic mass is 32.2. The second-order valence-electron chi connectivity index (χ2n) is 7.14. The van der Waals surface area contributed by atoms with Gasteiger partial charge in [-0.05, 0) is 54.3 Å². The smallest absolute Gasteiger partial charge is 0.243 e. The summed E-state index contributed by atoms with van der Waals surface area (Å²) < 4.78 is 37.7. The Morgan fingerprint density at radius 1 is 1.03 bits per heavy atom. The van der Waals surface area contributed by atoms with E-state index in [-0.39, 0.29) is 0 Å². The van der Waals surface area contributed by atoms with E-state index >= 15 is 0 Å². The molecule has 9 heteroatoms. The quantitative estimate of drug-likeness (QED) is 0.492. The van der Waals surface area contributed by atoms with Crippen molar-refractivity contribution in [3.8, 4) is 0 Å². The first-order valence-electron chi connectivity index (χ1n) is 10.1. The standard InChI is InChI=1S/C21H26N4O3S2/c26-30(27,25-12-14-28-15-13-25)18-8-6-17(7-9-18)16-22-10-3-11-23-21-19-4-1-2-5-20(19)29-24-21/h1-2,4-9,22H,3,10-16H2,(H,23,24). The highest BCUT2D eigenvalue weighted by molar-refractivity contribution is 7.89. The molecular formula is C21H26N4O3S2. The number of anilines is 1. The average molecular weight is 447 g/mol. The van der Waals surface area contributed by atoms with Crippen LogP contribution < -0.4 is 10.6 Å². The van der Waals surface area contributed by atoms with Gasteiger partial charge in [0, 0.05) is 31.6 Å². The Kier molecular flexibility index (Phi) is 6.96. The first-order valence-corrected chi connectivity index (χ1v) is 12.3. The number of nitrogens with zero attached hydrogens (tertiary/aromatic N) is 2. The predicted octanol–water partition coefficient (Wildman–Crippen LogP) is 2.91. The van der Waals surface area contributed by atoms with Crippen LogP contribution in [0.25, 0.3) is 10.1 Å². The van der Waals surface area contributed by atoms with Gasteiger partial charge in [-0.15, -0.1) is 0 Å². The van der Waals surface area contributed by atoms with Crippen LogP contribution in [0.5, 0.6) is 0 Å². The van der Waals surface area contributed by atoms with E-state index in [1.807, 2.05) is 24.3 Å². The van der Waals surface area contributed by atoms with E-state index in [2.05, 4.69) is 27.1 Å².